The lowest BCUT2D eigenvalue weighted by Gasteiger charge is -2.13. The van der Waals surface area contributed by atoms with Gasteiger partial charge in [0.1, 0.15) is 5.82 Å². The molecule has 0 saturated heterocycles. The molecular formula is C17H23FO2. The van der Waals surface area contributed by atoms with Crippen molar-refractivity contribution in [3.05, 3.63) is 34.6 Å². The molecule has 1 N–H and O–H groups in total. The number of halogens is 1. The van der Waals surface area contributed by atoms with Crippen molar-refractivity contribution >= 4 is 6.47 Å². The molecule has 0 aliphatic heterocycles. The second kappa shape index (κ2) is 6.87. The first-order valence-corrected chi connectivity index (χ1v) is 7.52. The molecule has 3 heteroatoms. The Morgan fingerprint density at radius 3 is 2.40 bits per heavy atom. The van der Waals surface area contributed by atoms with Crippen LogP contribution in [0.15, 0.2) is 12.1 Å². The fourth-order valence-electron chi connectivity index (χ4n) is 3.25. The summed E-state index contributed by atoms with van der Waals surface area (Å²) < 4.78 is 14.0. The summed E-state index contributed by atoms with van der Waals surface area (Å²) in [6.07, 6.45) is 8.84. The summed E-state index contributed by atoms with van der Waals surface area (Å²) in [5.74, 6) is 1.50. The molecule has 2 fully saturated rings. The number of benzene rings is 1. The molecule has 0 bridgehead atoms. The standard InChI is InChI=1S/C16H21F.CH2O2/c1-11-8-16(17)14(9-12-4-2-3-5-12)10-15(11)13-6-7-13;2-1-3/h8,10,12-13H,2-7,9H2,1H3;1H,(H,2,3). The second-order valence-corrected chi connectivity index (χ2v) is 6.03. The topological polar surface area (TPSA) is 37.3 Å². The molecule has 1 aromatic carbocycles. The minimum atomic E-state index is -0.250. The van der Waals surface area contributed by atoms with E-state index < -0.39 is 0 Å². The highest BCUT2D eigenvalue weighted by Crippen LogP contribution is 2.42. The van der Waals surface area contributed by atoms with Crippen LogP contribution in [0.25, 0.3) is 0 Å². The Bertz CT molecular complexity index is 460. The first-order chi connectivity index (χ1) is 9.65. The van der Waals surface area contributed by atoms with Crippen LogP contribution in [0.4, 0.5) is 4.39 Å². The summed E-state index contributed by atoms with van der Waals surface area (Å²) in [6, 6.07) is 3.93. The third kappa shape index (κ3) is 3.81. The van der Waals surface area contributed by atoms with Gasteiger partial charge in [-0.05, 0) is 60.8 Å². The van der Waals surface area contributed by atoms with Gasteiger partial charge >= 0.3 is 0 Å². The zero-order valence-electron chi connectivity index (χ0n) is 12.1. The Morgan fingerprint density at radius 2 is 1.85 bits per heavy atom. The SMILES string of the molecule is Cc1cc(F)c(CC2CCCC2)cc1C1CC1.O=CO. The fraction of sp³-hybridized carbons (Fsp3) is 0.588. The molecule has 1 aromatic rings. The minimum absolute atomic E-state index is 0.0267. The summed E-state index contributed by atoms with van der Waals surface area (Å²) in [5.41, 5.74) is 3.55. The summed E-state index contributed by atoms with van der Waals surface area (Å²) in [6.45, 7) is 1.80. The van der Waals surface area contributed by atoms with Crippen LogP contribution in [-0.2, 0) is 11.2 Å². The quantitative estimate of drug-likeness (QED) is 0.830. The maximum absolute atomic E-state index is 14.0. The molecule has 2 saturated carbocycles. The molecule has 3 rings (SSSR count). The second-order valence-electron chi connectivity index (χ2n) is 6.03. The molecule has 0 radical (unpaired) electrons. The van der Waals surface area contributed by atoms with Crippen LogP contribution >= 0.6 is 0 Å². The third-order valence-electron chi connectivity index (χ3n) is 4.44. The van der Waals surface area contributed by atoms with Gasteiger partial charge in [0, 0.05) is 0 Å². The average Bonchev–Trinajstić information content (AvgIpc) is 3.11. The van der Waals surface area contributed by atoms with E-state index in [4.69, 9.17) is 9.90 Å². The molecule has 0 spiro atoms. The van der Waals surface area contributed by atoms with Gasteiger partial charge in [-0.25, -0.2) is 4.39 Å². The molecule has 0 amide bonds. The van der Waals surface area contributed by atoms with E-state index in [0.29, 0.717) is 0 Å². The van der Waals surface area contributed by atoms with Crippen molar-refractivity contribution < 1.29 is 14.3 Å². The summed E-state index contributed by atoms with van der Waals surface area (Å²) in [4.78, 5) is 8.36. The van der Waals surface area contributed by atoms with Gasteiger partial charge in [0.15, 0.2) is 0 Å². The van der Waals surface area contributed by atoms with E-state index in [1.54, 1.807) is 6.07 Å². The smallest absolute Gasteiger partial charge is 0.290 e. The molecule has 2 aliphatic carbocycles. The fourth-order valence-corrected chi connectivity index (χ4v) is 3.25. The van der Waals surface area contributed by atoms with Gasteiger partial charge in [0.25, 0.3) is 6.47 Å². The van der Waals surface area contributed by atoms with E-state index in [-0.39, 0.29) is 12.3 Å². The number of carbonyl (C=O) groups is 1. The van der Waals surface area contributed by atoms with Crippen molar-refractivity contribution in [2.75, 3.05) is 0 Å². The van der Waals surface area contributed by atoms with E-state index in [0.717, 1.165) is 29.4 Å². The van der Waals surface area contributed by atoms with E-state index in [2.05, 4.69) is 13.0 Å². The molecular weight excluding hydrogens is 255 g/mol. The normalized spacial score (nSPS) is 18.5. The van der Waals surface area contributed by atoms with Crippen molar-refractivity contribution in [3.63, 3.8) is 0 Å². The van der Waals surface area contributed by atoms with Gasteiger partial charge < -0.3 is 5.11 Å². The van der Waals surface area contributed by atoms with E-state index in [1.807, 2.05) is 0 Å². The molecule has 0 aromatic heterocycles. The largest absolute Gasteiger partial charge is 0.483 e. The predicted molar refractivity (Wildman–Crippen MR) is 77.5 cm³/mol. The van der Waals surface area contributed by atoms with Gasteiger partial charge in [-0.2, -0.15) is 0 Å². The van der Waals surface area contributed by atoms with Crippen molar-refractivity contribution in [3.8, 4) is 0 Å². The first-order valence-electron chi connectivity index (χ1n) is 7.52. The van der Waals surface area contributed by atoms with Gasteiger partial charge in [-0.15, -0.1) is 0 Å². The van der Waals surface area contributed by atoms with Gasteiger partial charge in [-0.3, -0.25) is 4.79 Å². The Kier molecular flexibility index (Phi) is 5.16. The molecule has 2 nitrogen and oxygen atoms in total. The third-order valence-corrected chi connectivity index (χ3v) is 4.44. The highest BCUT2D eigenvalue weighted by molar-refractivity contribution is 5.37. The summed E-state index contributed by atoms with van der Waals surface area (Å²) >= 11 is 0. The monoisotopic (exact) mass is 278 g/mol. The minimum Gasteiger partial charge on any atom is -0.483 e. The molecule has 0 atom stereocenters. The van der Waals surface area contributed by atoms with Gasteiger partial charge in [-0.1, -0.05) is 31.7 Å². The Labute approximate surface area is 120 Å². The lowest BCUT2D eigenvalue weighted by atomic mass is 9.93. The van der Waals surface area contributed by atoms with Gasteiger partial charge in [0.2, 0.25) is 0 Å². The van der Waals surface area contributed by atoms with Crippen LogP contribution < -0.4 is 0 Å². The molecule has 0 heterocycles. The molecule has 20 heavy (non-hydrogen) atoms. The van der Waals surface area contributed by atoms with E-state index in [1.165, 1.54) is 44.1 Å². The maximum Gasteiger partial charge on any atom is 0.290 e. The number of hydrogen-bond donors (Lipinski definition) is 1. The van der Waals surface area contributed by atoms with Crippen LogP contribution in [0.2, 0.25) is 0 Å². The summed E-state index contributed by atoms with van der Waals surface area (Å²) in [7, 11) is 0. The van der Waals surface area contributed by atoms with Crippen LogP contribution in [0.5, 0.6) is 0 Å². The highest BCUT2D eigenvalue weighted by Gasteiger charge is 2.26. The lowest BCUT2D eigenvalue weighted by molar-refractivity contribution is -0.122. The molecule has 2 aliphatic rings. The number of aryl methyl sites for hydroxylation is 1. The average molecular weight is 278 g/mol. The van der Waals surface area contributed by atoms with Crippen molar-refractivity contribution in [2.45, 2.75) is 57.8 Å². The number of rotatable bonds is 3. The molecule has 110 valence electrons. The van der Waals surface area contributed by atoms with E-state index in [9.17, 15) is 4.39 Å². The summed E-state index contributed by atoms with van der Waals surface area (Å²) in [5, 5.41) is 6.89. The van der Waals surface area contributed by atoms with Crippen molar-refractivity contribution in [1.82, 2.24) is 0 Å². The van der Waals surface area contributed by atoms with Crippen molar-refractivity contribution in [1.29, 1.82) is 0 Å². The zero-order chi connectivity index (χ0) is 14.5. The van der Waals surface area contributed by atoms with Crippen LogP contribution in [0.1, 0.15) is 61.1 Å². The Hall–Kier alpha value is -1.38. The van der Waals surface area contributed by atoms with Crippen LogP contribution in [0, 0.1) is 18.7 Å². The predicted octanol–water partition coefficient (Wildman–Crippen LogP) is 4.45. The maximum atomic E-state index is 14.0. The van der Waals surface area contributed by atoms with E-state index >= 15 is 0 Å². The van der Waals surface area contributed by atoms with Gasteiger partial charge in [0.05, 0.1) is 0 Å². The number of carboxylic acid groups (broad SMARTS) is 1. The zero-order valence-corrected chi connectivity index (χ0v) is 12.1. The van der Waals surface area contributed by atoms with Crippen LogP contribution in [0.3, 0.4) is 0 Å². The molecule has 0 unspecified atom stereocenters. The van der Waals surface area contributed by atoms with Crippen molar-refractivity contribution in [2.24, 2.45) is 5.92 Å². The highest BCUT2D eigenvalue weighted by atomic mass is 19.1. The Balaban J connectivity index is 0.000000452. The van der Waals surface area contributed by atoms with Crippen LogP contribution in [-0.4, -0.2) is 11.6 Å². The number of hydrogen-bond acceptors (Lipinski definition) is 1. The first kappa shape index (κ1) is 15.0. The Morgan fingerprint density at radius 1 is 1.25 bits per heavy atom. The lowest BCUT2D eigenvalue weighted by Crippen LogP contribution is -2.03.